The van der Waals surface area contributed by atoms with Gasteiger partial charge in [-0.05, 0) is 98.9 Å². The van der Waals surface area contributed by atoms with Crippen LogP contribution in [-0.4, -0.2) is 4.57 Å². The van der Waals surface area contributed by atoms with Gasteiger partial charge in [-0.15, -0.1) is 0 Å². The second-order valence-corrected chi connectivity index (χ2v) is 15.3. The topological polar surface area (TPSA) is 8.17 Å². The van der Waals surface area contributed by atoms with Crippen LogP contribution < -0.4 is 4.90 Å². The zero-order chi connectivity index (χ0) is 39.8. The van der Waals surface area contributed by atoms with Crippen molar-refractivity contribution in [1.82, 2.24) is 4.57 Å². The van der Waals surface area contributed by atoms with E-state index in [0.29, 0.717) is 0 Å². The first-order valence-corrected chi connectivity index (χ1v) is 20.6. The van der Waals surface area contributed by atoms with Crippen molar-refractivity contribution in [1.29, 1.82) is 0 Å². The summed E-state index contributed by atoms with van der Waals surface area (Å²) in [5.74, 6) is 0. The van der Waals surface area contributed by atoms with Crippen molar-refractivity contribution in [2.45, 2.75) is 0 Å². The molecular weight excluding hydrogens is 725 g/mol. The molecule has 0 saturated carbocycles. The summed E-state index contributed by atoms with van der Waals surface area (Å²) in [6.07, 6.45) is 0. The highest BCUT2D eigenvalue weighted by Crippen LogP contribution is 2.47. The third-order valence-electron chi connectivity index (χ3n) is 11.8. The molecule has 0 fully saturated rings. The lowest BCUT2D eigenvalue weighted by molar-refractivity contribution is 1.18. The van der Waals surface area contributed by atoms with E-state index in [1.165, 1.54) is 71.5 Å². The summed E-state index contributed by atoms with van der Waals surface area (Å²) in [5, 5.41) is 4.89. The Kier molecular flexibility index (Phi) is 8.87. The first kappa shape index (κ1) is 35.2. The summed E-state index contributed by atoms with van der Waals surface area (Å²) in [6.45, 7) is 0. The number of hydrogen-bond donors (Lipinski definition) is 0. The monoisotopic (exact) mass is 764 g/mol. The van der Waals surface area contributed by atoms with E-state index in [1.54, 1.807) is 0 Å². The molecule has 0 unspecified atom stereocenters. The summed E-state index contributed by atoms with van der Waals surface area (Å²) in [4.78, 5) is 2.44. The molecule has 0 aliphatic carbocycles. The Labute approximate surface area is 350 Å². The van der Waals surface area contributed by atoms with Crippen LogP contribution in [-0.2, 0) is 0 Å². The summed E-state index contributed by atoms with van der Waals surface area (Å²) in [5.41, 5.74) is 16.4. The van der Waals surface area contributed by atoms with Crippen molar-refractivity contribution in [3.8, 4) is 50.2 Å². The number of anilines is 3. The Morgan fingerprint density at radius 1 is 0.283 bits per heavy atom. The van der Waals surface area contributed by atoms with Crippen molar-refractivity contribution < 1.29 is 0 Å². The van der Waals surface area contributed by atoms with Gasteiger partial charge in [0.25, 0.3) is 0 Å². The number of para-hydroxylation sites is 3. The highest BCUT2D eigenvalue weighted by Gasteiger charge is 2.22. The van der Waals surface area contributed by atoms with E-state index in [9.17, 15) is 0 Å². The average molecular weight is 765 g/mol. The van der Waals surface area contributed by atoms with Crippen LogP contribution >= 0.6 is 0 Å². The smallest absolute Gasteiger partial charge is 0.0541 e. The van der Waals surface area contributed by atoms with Crippen LogP contribution in [0, 0.1) is 0 Å². The molecule has 282 valence electrons. The molecular formula is C58H40N2. The molecule has 0 radical (unpaired) electrons. The third-order valence-corrected chi connectivity index (χ3v) is 11.8. The maximum Gasteiger partial charge on any atom is 0.0541 e. The van der Waals surface area contributed by atoms with E-state index in [0.717, 1.165) is 28.3 Å². The average Bonchev–Trinajstić information content (AvgIpc) is 3.66. The second-order valence-electron chi connectivity index (χ2n) is 15.3. The number of hydrogen-bond acceptors (Lipinski definition) is 1. The van der Waals surface area contributed by atoms with Crippen molar-refractivity contribution in [3.63, 3.8) is 0 Å². The highest BCUT2D eigenvalue weighted by molar-refractivity contribution is 6.10. The van der Waals surface area contributed by atoms with Crippen LogP contribution in [0.15, 0.2) is 243 Å². The Bertz CT molecular complexity index is 3300. The second kappa shape index (κ2) is 15.1. The number of benzene rings is 10. The van der Waals surface area contributed by atoms with E-state index in [4.69, 9.17) is 0 Å². The van der Waals surface area contributed by atoms with Crippen LogP contribution in [0.4, 0.5) is 17.1 Å². The number of rotatable bonds is 8. The molecule has 0 spiro atoms. The molecule has 2 heteroatoms. The van der Waals surface area contributed by atoms with Crippen LogP contribution in [0.3, 0.4) is 0 Å². The maximum absolute atomic E-state index is 2.44. The molecule has 0 N–H and O–H groups in total. The minimum absolute atomic E-state index is 1.09. The van der Waals surface area contributed by atoms with Crippen LogP contribution in [0.1, 0.15) is 0 Å². The first-order chi connectivity index (χ1) is 29.8. The molecule has 0 bridgehead atoms. The van der Waals surface area contributed by atoms with Gasteiger partial charge in [-0.2, -0.15) is 0 Å². The lowest BCUT2D eigenvalue weighted by Gasteiger charge is -2.29. The van der Waals surface area contributed by atoms with Gasteiger partial charge in [-0.25, -0.2) is 0 Å². The van der Waals surface area contributed by atoms with Gasteiger partial charge in [0.15, 0.2) is 0 Å². The van der Waals surface area contributed by atoms with Gasteiger partial charge in [0.2, 0.25) is 0 Å². The van der Waals surface area contributed by atoms with Gasteiger partial charge in [0.1, 0.15) is 0 Å². The fourth-order valence-electron chi connectivity index (χ4n) is 9.06. The number of fused-ring (bicyclic) bond motifs is 4. The Morgan fingerprint density at radius 2 is 0.800 bits per heavy atom. The zero-order valence-electron chi connectivity index (χ0n) is 33.0. The lowest BCUT2D eigenvalue weighted by Crippen LogP contribution is -2.12. The maximum atomic E-state index is 2.44. The molecule has 11 aromatic rings. The minimum atomic E-state index is 1.09. The van der Waals surface area contributed by atoms with Crippen LogP contribution in [0.5, 0.6) is 0 Å². The van der Waals surface area contributed by atoms with Gasteiger partial charge in [0, 0.05) is 33.1 Å². The first-order valence-electron chi connectivity index (χ1n) is 20.6. The van der Waals surface area contributed by atoms with Crippen LogP contribution in [0.25, 0.3) is 82.8 Å². The van der Waals surface area contributed by atoms with E-state index < -0.39 is 0 Å². The Balaban J connectivity index is 1.06. The predicted octanol–water partition coefficient (Wildman–Crippen LogP) is 16.1. The summed E-state index contributed by atoms with van der Waals surface area (Å²) in [6, 6.07) is 87.9. The summed E-state index contributed by atoms with van der Waals surface area (Å²) in [7, 11) is 0. The van der Waals surface area contributed by atoms with E-state index in [-0.39, 0.29) is 0 Å². The standard InChI is InChI=1S/C58H40N2/c1-3-18-42(19-4-1)47-24-9-10-26-49(47)50-27-11-12-28-51(50)52-29-13-15-31-56(52)60(55-33-17-21-43-20-7-8-25-48(43)55)46-37-34-41(35-38-46)44-36-39-58-54(40-44)53-30-14-16-32-57(53)59(58)45-22-5-2-6-23-45/h1-40H. The van der Waals surface area contributed by atoms with E-state index >= 15 is 0 Å². The van der Waals surface area contributed by atoms with Gasteiger partial charge in [-0.1, -0.05) is 188 Å². The van der Waals surface area contributed by atoms with E-state index in [1.807, 2.05) is 0 Å². The van der Waals surface area contributed by atoms with Crippen molar-refractivity contribution in [2.24, 2.45) is 0 Å². The van der Waals surface area contributed by atoms with Gasteiger partial charge in [0.05, 0.1) is 22.4 Å². The van der Waals surface area contributed by atoms with Crippen LogP contribution in [0.2, 0.25) is 0 Å². The molecule has 1 heterocycles. The molecule has 0 aliphatic heterocycles. The summed E-state index contributed by atoms with van der Waals surface area (Å²) >= 11 is 0. The van der Waals surface area contributed by atoms with E-state index in [2.05, 4.69) is 252 Å². The van der Waals surface area contributed by atoms with Gasteiger partial charge < -0.3 is 9.47 Å². The number of aromatic nitrogens is 1. The Hall–Kier alpha value is -7.94. The molecule has 11 rings (SSSR count). The minimum Gasteiger partial charge on any atom is -0.309 e. The molecule has 0 atom stereocenters. The molecule has 0 saturated heterocycles. The third kappa shape index (κ3) is 6.14. The molecule has 2 nitrogen and oxygen atoms in total. The fourth-order valence-corrected chi connectivity index (χ4v) is 9.06. The molecule has 1 aromatic heterocycles. The largest absolute Gasteiger partial charge is 0.309 e. The molecule has 0 amide bonds. The molecule has 60 heavy (non-hydrogen) atoms. The molecule has 10 aromatic carbocycles. The molecule has 0 aliphatic rings. The lowest BCUT2D eigenvalue weighted by atomic mass is 9.88. The Morgan fingerprint density at radius 3 is 1.57 bits per heavy atom. The highest BCUT2D eigenvalue weighted by atomic mass is 15.1. The van der Waals surface area contributed by atoms with Gasteiger partial charge >= 0.3 is 0 Å². The normalized spacial score (nSPS) is 11.3. The SMILES string of the molecule is c1ccc(-c2ccccc2-c2ccccc2-c2ccccc2N(c2ccc(-c3ccc4c(c3)c3ccccc3n4-c3ccccc3)cc2)c2cccc3ccccc23)cc1. The fraction of sp³-hybridized carbons (Fsp3) is 0. The summed E-state index contributed by atoms with van der Waals surface area (Å²) < 4.78 is 2.37. The van der Waals surface area contributed by atoms with Gasteiger partial charge in [-0.3, -0.25) is 0 Å². The zero-order valence-corrected chi connectivity index (χ0v) is 33.0. The van der Waals surface area contributed by atoms with Crippen molar-refractivity contribution in [3.05, 3.63) is 243 Å². The van der Waals surface area contributed by atoms with Crippen molar-refractivity contribution in [2.75, 3.05) is 4.90 Å². The quantitative estimate of drug-likeness (QED) is 0.150. The predicted molar refractivity (Wildman–Crippen MR) is 255 cm³/mol. The van der Waals surface area contributed by atoms with Crippen molar-refractivity contribution >= 4 is 49.6 Å². The number of nitrogens with zero attached hydrogens (tertiary/aromatic N) is 2.